The lowest BCUT2D eigenvalue weighted by atomic mass is 10.2. The van der Waals surface area contributed by atoms with Crippen LogP contribution in [0.25, 0.3) is 0 Å². The first-order valence-electron chi connectivity index (χ1n) is 7.02. The molecule has 2 aromatic rings. The summed E-state index contributed by atoms with van der Waals surface area (Å²) in [5, 5.41) is 2.73. The van der Waals surface area contributed by atoms with Crippen molar-refractivity contribution in [3.05, 3.63) is 51.2 Å². The second-order valence-corrected chi connectivity index (χ2v) is 6.69. The molecule has 0 aliphatic carbocycles. The van der Waals surface area contributed by atoms with Gasteiger partial charge in [0, 0.05) is 15.4 Å². The number of thiophene rings is 1. The Morgan fingerprint density at radius 3 is 2.32 bits per heavy atom. The molecule has 0 spiro atoms. The third-order valence-corrected chi connectivity index (χ3v) is 4.20. The molecule has 1 aromatic carbocycles. The van der Waals surface area contributed by atoms with Gasteiger partial charge < -0.3 is 10.1 Å². The van der Waals surface area contributed by atoms with Crippen molar-refractivity contribution in [1.82, 2.24) is 0 Å². The zero-order valence-corrected chi connectivity index (χ0v) is 13.9. The fraction of sp³-hybridized carbons (Fsp3) is 0.294. The van der Waals surface area contributed by atoms with Gasteiger partial charge in [-0.05, 0) is 45.9 Å². The summed E-state index contributed by atoms with van der Waals surface area (Å²) in [4.78, 5) is 26.1. The molecule has 1 atom stereocenters. The predicted octanol–water partition coefficient (Wildman–Crippen LogP) is 3.86. The number of hydrogen-bond acceptors (Lipinski definition) is 4. The van der Waals surface area contributed by atoms with E-state index >= 15 is 0 Å². The zero-order chi connectivity index (χ0) is 16.3. The number of rotatable bonds is 4. The molecule has 0 saturated heterocycles. The van der Waals surface area contributed by atoms with Gasteiger partial charge in [0.15, 0.2) is 6.10 Å². The molecule has 0 aliphatic heterocycles. The highest BCUT2D eigenvalue weighted by Crippen LogP contribution is 2.21. The Morgan fingerprint density at radius 2 is 1.77 bits per heavy atom. The predicted molar refractivity (Wildman–Crippen MR) is 88.5 cm³/mol. The second-order valence-electron chi connectivity index (χ2n) is 5.23. The maximum absolute atomic E-state index is 12.1. The zero-order valence-electron chi connectivity index (χ0n) is 13.1. The average Bonchev–Trinajstić information content (AvgIpc) is 2.80. The van der Waals surface area contributed by atoms with Crippen molar-refractivity contribution in [2.24, 2.45) is 0 Å². The molecule has 0 radical (unpaired) electrons. The maximum Gasteiger partial charge on any atom is 0.340 e. The summed E-state index contributed by atoms with van der Waals surface area (Å²) in [5.41, 5.74) is 2.32. The molecule has 0 fully saturated rings. The number of carbonyl (C=O) groups excluding carboxylic acids is 2. The summed E-state index contributed by atoms with van der Waals surface area (Å²) < 4.78 is 5.24. The van der Waals surface area contributed by atoms with E-state index in [2.05, 4.69) is 5.32 Å². The highest BCUT2D eigenvalue weighted by molar-refractivity contribution is 7.12. The van der Waals surface area contributed by atoms with E-state index in [1.807, 2.05) is 45.0 Å². The van der Waals surface area contributed by atoms with Crippen molar-refractivity contribution in [1.29, 1.82) is 0 Å². The van der Waals surface area contributed by atoms with E-state index in [1.54, 1.807) is 13.0 Å². The van der Waals surface area contributed by atoms with Crippen LogP contribution in [-0.4, -0.2) is 18.0 Å². The van der Waals surface area contributed by atoms with E-state index in [1.165, 1.54) is 11.3 Å². The first kappa shape index (κ1) is 16.2. The molecule has 1 aromatic heterocycles. The van der Waals surface area contributed by atoms with Crippen LogP contribution in [0.15, 0.2) is 30.3 Å². The fourth-order valence-electron chi connectivity index (χ4n) is 1.99. The molecule has 2 rings (SSSR count). The first-order valence-corrected chi connectivity index (χ1v) is 7.84. The number of amides is 1. The number of ether oxygens (including phenoxy) is 1. The smallest absolute Gasteiger partial charge is 0.340 e. The fourth-order valence-corrected chi connectivity index (χ4v) is 2.90. The Hall–Kier alpha value is -2.14. The van der Waals surface area contributed by atoms with Crippen molar-refractivity contribution in [3.8, 4) is 0 Å². The van der Waals surface area contributed by atoms with Gasteiger partial charge in [-0.2, -0.15) is 0 Å². The van der Waals surface area contributed by atoms with E-state index in [0.29, 0.717) is 11.3 Å². The highest BCUT2D eigenvalue weighted by Gasteiger charge is 2.21. The van der Waals surface area contributed by atoms with Gasteiger partial charge in [0.05, 0.1) is 5.56 Å². The van der Waals surface area contributed by atoms with E-state index < -0.39 is 12.1 Å². The number of esters is 1. The van der Waals surface area contributed by atoms with E-state index in [9.17, 15) is 9.59 Å². The standard InChI is InChI=1S/C17H19NO3S/c1-10-5-7-14(8-6-10)18-16(19)12(3)21-17(20)15-9-11(2)22-13(15)4/h5-9,12H,1-4H3,(H,18,19)/t12-/m1/s1. The third kappa shape index (κ3) is 3.95. The van der Waals surface area contributed by atoms with Crippen LogP contribution < -0.4 is 5.32 Å². The molecule has 1 amide bonds. The van der Waals surface area contributed by atoms with Crippen LogP contribution in [0.4, 0.5) is 5.69 Å². The number of benzene rings is 1. The Morgan fingerprint density at radius 1 is 1.14 bits per heavy atom. The van der Waals surface area contributed by atoms with Crippen molar-refractivity contribution in [2.45, 2.75) is 33.8 Å². The van der Waals surface area contributed by atoms with Crippen LogP contribution in [-0.2, 0) is 9.53 Å². The molecule has 1 heterocycles. The Balaban J connectivity index is 1.97. The van der Waals surface area contributed by atoms with Crippen LogP contribution in [0.2, 0.25) is 0 Å². The van der Waals surface area contributed by atoms with Crippen molar-refractivity contribution in [3.63, 3.8) is 0 Å². The molecule has 0 bridgehead atoms. The molecular formula is C17H19NO3S. The molecular weight excluding hydrogens is 298 g/mol. The van der Waals surface area contributed by atoms with Crippen LogP contribution in [0.5, 0.6) is 0 Å². The van der Waals surface area contributed by atoms with Gasteiger partial charge in [0.2, 0.25) is 0 Å². The molecule has 0 unspecified atom stereocenters. The van der Waals surface area contributed by atoms with Crippen LogP contribution >= 0.6 is 11.3 Å². The van der Waals surface area contributed by atoms with Crippen LogP contribution in [0.1, 0.15) is 32.6 Å². The number of hydrogen-bond donors (Lipinski definition) is 1. The van der Waals surface area contributed by atoms with Gasteiger partial charge in [-0.1, -0.05) is 17.7 Å². The molecule has 116 valence electrons. The minimum absolute atomic E-state index is 0.346. The van der Waals surface area contributed by atoms with Gasteiger partial charge in [-0.3, -0.25) is 4.79 Å². The number of carbonyl (C=O) groups is 2. The third-order valence-electron chi connectivity index (χ3n) is 3.23. The van der Waals surface area contributed by atoms with Crippen molar-refractivity contribution < 1.29 is 14.3 Å². The lowest BCUT2D eigenvalue weighted by Crippen LogP contribution is -2.30. The Labute approximate surface area is 134 Å². The highest BCUT2D eigenvalue weighted by atomic mass is 32.1. The largest absolute Gasteiger partial charge is 0.449 e. The number of aryl methyl sites for hydroxylation is 3. The average molecular weight is 317 g/mol. The number of nitrogens with one attached hydrogen (secondary N) is 1. The minimum atomic E-state index is -0.853. The lowest BCUT2D eigenvalue weighted by Gasteiger charge is -2.13. The van der Waals surface area contributed by atoms with Gasteiger partial charge in [0.25, 0.3) is 5.91 Å². The minimum Gasteiger partial charge on any atom is -0.449 e. The topological polar surface area (TPSA) is 55.4 Å². The van der Waals surface area contributed by atoms with Crippen molar-refractivity contribution in [2.75, 3.05) is 5.32 Å². The quantitative estimate of drug-likeness (QED) is 0.871. The maximum atomic E-state index is 12.1. The van der Waals surface area contributed by atoms with Gasteiger partial charge >= 0.3 is 5.97 Å². The summed E-state index contributed by atoms with van der Waals surface area (Å²) >= 11 is 1.54. The van der Waals surface area contributed by atoms with Crippen molar-refractivity contribution >= 4 is 28.9 Å². The Kier molecular flexibility index (Phi) is 4.98. The molecule has 4 nitrogen and oxygen atoms in total. The SMILES string of the molecule is Cc1ccc(NC(=O)[C@@H](C)OC(=O)c2cc(C)sc2C)cc1. The van der Waals surface area contributed by atoms with E-state index in [0.717, 1.165) is 15.3 Å². The van der Waals surface area contributed by atoms with Crippen LogP contribution in [0.3, 0.4) is 0 Å². The van der Waals surface area contributed by atoms with Gasteiger partial charge in [-0.25, -0.2) is 4.79 Å². The summed E-state index contributed by atoms with van der Waals surface area (Å²) in [6.07, 6.45) is -0.853. The lowest BCUT2D eigenvalue weighted by molar-refractivity contribution is -0.123. The van der Waals surface area contributed by atoms with E-state index in [-0.39, 0.29) is 5.91 Å². The molecule has 0 aliphatic rings. The van der Waals surface area contributed by atoms with Gasteiger partial charge in [0.1, 0.15) is 0 Å². The second kappa shape index (κ2) is 6.75. The first-order chi connectivity index (χ1) is 10.4. The molecule has 1 N–H and O–H groups in total. The molecule has 22 heavy (non-hydrogen) atoms. The number of anilines is 1. The van der Waals surface area contributed by atoms with Crippen LogP contribution in [0, 0.1) is 20.8 Å². The van der Waals surface area contributed by atoms with Gasteiger partial charge in [-0.15, -0.1) is 11.3 Å². The summed E-state index contributed by atoms with van der Waals surface area (Å²) in [6.45, 7) is 7.34. The monoisotopic (exact) mass is 317 g/mol. The van der Waals surface area contributed by atoms with E-state index in [4.69, 9.17) is 4.74 Å². The molecule has 0 saturated carbocycles. The summed E-state index contributed by atoms with van der Waals surface area (Å²) in [7, 11) is 0. The Bertz CT molecular complexity index is 688. The summed E-state index contributed by atoms with van der Waals surface area (Å²) in [5.74, 6) is -0.810. The normalized spacial score (nSPS) is 11.8. The summed E-state index contributed by atoms with van der Waals surface area (Å²) in [6, 6.07) is 9.23. The molecule has 5 heteroatoms.